The molecule has 0 aromatic carbocycles. The lowest BCUT2D eigenvalue weighted by Gasteiger charge is -2.27. The number of hydrogen-bond acceptors (Lipinski definition) is 4. The fraction of sp³-hybridized carbons (Fsp3) is 0.917. The molecule has 30 heavy (non-hydrogen) atoms. The van der Waals surface area contributed by atoms with Crippen molar-refractivity contribution in [3.63, 3.8) is 0 Å². The van der Waals surface area contributed by atoms with E-state index in [0.29, 0.717) is 12.8 Å². The van der Waals surface area contributed by atoms with Gasteiger partial charge in [-0.25, -0.2) is 0 Å². The fourth-order valence-electron chi connectivity index (χ4n) is 4.56. The van der Waals surface area contributed by atoms with Gasteiger partial charge in [0, 0.05) is 53.1 Å². The molecule has 0 atom stereocenters. The maximum Gasteiger partial charge on any atom is 0.223 e. The van der Waals surface area contributed by atoms with Crippen molar-refractivity contribution in [2.45, 2.75) is 77.0 Å². The molecule has 0 bridgehead atoms. The van der Waals surface area contributed by atoms with Crippen molar-refractivity contribution in [1.29, 1.82) is 0 Å². The second-order valence-corrected chi connectivity index (χ2v) is 9.35. The lowest BCUT2D eigenvalue weighted by atomic mass is 10.1. The lowest BCUT2D eigenvalue weighted by molar-refractivity contribution is -0.131. The topological polar surface area (TPSA) is 47.1 Å². The molecule has 6 heteroatoms. The van der Waals surface area contributed by atoms with E-state index in [4.69, 9.17) is 0 Å². The quantitative estimate of drug-likeness (QED) is 0.428. The second kappa shape index (κ2) is 14.8. The number of rotatable bonds is 13. The number of piperidine rings is 2. The number of carbonyl (C=O) groups excluding carboxylic acids is 2. The highest BCUT2D eigenvalue weighted by Gasteiger charge is 2.15. The summed E-state index contributed by atoms with van der Waals surface area (Å²) in [6.07, 6.45) is 13.5. The van der Waals surface area contributed by atoms with Gasteiger partial charge in [-0.1, -0.05) is 25.7 Å². The van der Waals surface area contributed by atoms with E-state index in [1.807, 2.05) is 23.9 Å². The fourth-order valence-corrected chi connectivity index (χ4v) is 4.56. The molecule has 0 unspecified atom stereocenters. The minimum absolute atomic E-state index is 0.277. The van der Waals surface area contributed by atoms with Crippen LogP contribution >= 0.6 is 0 Å². The molecule has 0 aromatic rings. The Balaban J connectivity index is 1.44. The van der Waals surface area contributed by atoms with Gasteiger partial charge < -0.3 is 19.6 Å². The van der Waals surface area contributed by atoms with Crippen molar-refractivity contribution in [2.75, 3.05) is 66.5 Å². The second-order valence-electron chi connectivity index (χ2n) is 9.35. The Labute approximate surface area is 184 Å². The van der Waals surface area contributed by atoms with Crippen molar-refractivity contribution in [3.05, 3.63) is 0 Å². The van der Waals surface area contributed by atoms with Crippen molar-refractivity contribution in [3.8, 4) is 0 Å². The highest BCUT2D eigenvalue weighted by molar-refractivity contribution is 5.76. The van der Waals surface area contributed by atoms with Crippen LogP contribution in [0, 0.1) is 0 Å². The summed E-state index contributed by atoms with van der Waals surface area (Å²) in [5.41, 5.74) is 0. The average Bonchev–Trinajstić information content (AvgIpc) is 2.79. The Kier molecular flexibility index (Phi) is 12.4. The van der Waals surface area contributed by atoms with Gasteiger partial charge in [-0.15, -0.1) is 0 Å². The van der Waals surface area contributed by atoms with Gasteiger partial charge >= 0.3 is 0 Å². The first kappa shape index (κ1) is 25.1. The third-order valence-electron chi connectivity index (χ3n) is 6.77. The van der Waals surface area contributed by atoms with Crippen LogP contribution in [-0.2, 0) is 9.59 Å². The van der Waals surface area contributed by atoms with E-state index in [9.17, 15) is 9.59 Å². The lowest BCUT2D eigenvalue weighted by Crippen LogP contribution is -2.35. The number of likely N-dealkylation sites (tertiary alicyclic amines) is 2. The normalized spacial score (nSPS) is 18.3. The van der Waals surface area contributed by atoms with E-state index in [-0.39, 0.29) is 11.8 Å². The monoisotopic (exact) mass is 422 g/mol. The largest absolute Gasteiger partial charge is 0.346 e. The van der Waals surface area contributed by atoms with Crippen LogP contribution in [0.3, 0.4) is 0 Å². The molecule has 0 N–H and O–H groups in total. The Morgan fingerprint density at radius 2 is 0.967 bits per heavy atom. The molecule has 2 amide bonds. The molecule has 2 saturated heterocycles. The van der Waals surface area contributed by atoms with E-state index in [1.54, 1.807) is 0 Å². The van der Waals surface area contributed by atoms with E-state index in [2.05, 4.69) is 9.80 Å². The van der Waals surface area contributed by atoms with Gasteiger partial charge in [0.05, 0.1) is 0 Å². The zero-order chi connectivity index (χ0) is 21.6. The molecule has 2 heterocycles. The summed E-state index contributed by atoms with van der Waals surface area (Å²) in [4.78, 5) is 33.3. The van der Waals surface area contributed by atoms with Crippen LogP contribution in [0.25, 0.3) is 0 Å². The molecule has 6 nitrogen and oxygen atoms in total. The van der Waals surface area contributed by atoms with Gasteiger partial charge in [-0.05, 0) is 64.7 Å². The van der Waals surface area contributed by atoms with Crippen LogP contribution in [-0.4, -0.2) is 97.9 Å². The Hall–Kier alpha value is -1.14. The number of carbonyl (C=O) groups is 2. The van der Waals surface area contributed by atoms with Gasteiger partial charge in [-0.2, -0.15) is 0 Å². The van der Waals surface area contributed by atoms with Crippen LogP contribution in [0.5, 0.6) is 0 Å². The Bertz CT molecular complexity index is 444. The van der Waals surface area contributed by atoms with Crippen LogP contribution in [0.15, 0.2) is 0 Å². The zero-order valence-corrected chi connectivity index (χ0v) is 19.7. The minimum Gasteiger partial charge on any atom is -0.346 e. The summed E-state index contributed by atoms with van der Waals surface area (Å²) in [7, 11) is 3.88. The van der Waals surface area contributed by atoms with E-state index < -0.39 is 0 Å². The predicted molar refractivity (Wildman–Crippen MR) is 124 cm³/mol. The molecule has 174 valence electrons. The molecule has 2 aliphatic rings. The molecule has 0 spiro atoms. The summed E-state index contributed by atoms with van der Waals surface area (Å²) in [6.45, 7) is 8.17. The molecule has 2 aliphatic heterocycles. The molecule has 0 aliphatic carbocycles. The molecular formula is C24H46N4O2. The van der Waals surface area contributed by atoms with Crippen molar-refractivity contribution >= 4 is 11.8 Å². The van der Waals surface area contributed by atoms with Gasteiger partial charge in [0.1, 0.15) is 0 Å². The summed E-state index contributed by atoms with van der Waals surface area (Å²) < 4.78 is 0. The highest BCUT2D eigenvalue weighted by Crippen LogP contribution is 2.11. The molecule has 2 rings (SSSR count). The number of hydrogen-bond donors (Lipinski definition) is 0. The first-order valence-corrected chi connectivity index (χ1v) is 12.5. The number of nitrogens with zero attached hydrogens (tertiary/aromatic N) is 4. The van der Waals surface area contributed by atoms with Gasteiger partial charge in [0.15, 0.2) is 0 Å². The third-order valence-corrected chi connectivity index (χ3v) is 6.77. The summed E-state index contributed by atoms with van der Waals surface area (Å²) in [5.74, 6) is 0.555. The van der Waals surface area contributed by atoms with Gasteiger partial charge in [-0.3, -0.25) is 9.59 Å². The van der Waals surface area contributed by atoms with Crippen molar-refractivity contribution < 1.29 is 9.59 Å². The van der Waals surface area contributed by atoms with E-state index >= 15 is 0 Å². The van der Waals surface area contributed by atoms with Crippen LogP contribution < -0.4 is 0 Å². The maximum atomic E-state index is 12.3. The van der Waals surface area contributed by atoms with Crippen LogP contribution in [0.4, 0.5) is 0 Å². The van der Waals surface area contributed by atoms with Gasteiger partial charge in [0.25, 0.3) is 0 Å². The predicted octanol–water partition coefficient (Wildman–Crippen LogP) is 3.22. The van der Waals surface area contributed by atoms with Crippen molar-refractivity contribution in [2.24, 2.45) is 0 Å². The molecule has 0 radical (unpaired) electrons. The first-order chi connectivity index (χ1) is 14.6. The van der Waals surface area contributed by atoms with Crippen molar-refractivity contribution in [1.82, 2.24) is 19.6 Å². The maximum absolute atomic E-state index is 12.3. The number of unbranched alkanes of at least 4 members (excludes halogenated alkanes) is 3. The van der Waals surface area contributed by atoms with Crippen LogP contribution in [0.2, 0.25) is 0 Å². The zero-order valence-electron chi connectivity index (χ0n) is 19.7. The summed E-state index contributed by atoms with van der Waals surface area (Å²) in [5, 5.41) is 0. The molecule has 0 saturated carbocycles. The third kappa shape index (κ3) is 10.3. The van der Waals surface area contributed by atoms with Crippen LogP contribution in [0.1, 0.15) is 77.0 Å². The smallest absolute Gasteiger partial charge is 0.223 e. The summed E-state index contributed by atoms with van der Waals surface area (Å²) in [6, 6.07) is 0. The highest BCUT2D eigenvalue weighted by atomic mass is 16.2. The Morgan fingerprint density at radius 1 is 0.600 bits per heavy atom. The molecule has 0 aromatic heterocycles. The molecule has 2 fully saturated rings. The summed E-state index contributed by atoms with van der Waals surface area (Å²) >= 11 is 0. The Morgan fingerprint density at radius 3 is 1.33 bits per heavy atom. The standard InChI is InChI=1S/C24H46N4O2/c1-25(23(29)13-21-27-17-9-5-10-18-27)15-7-3-4-8-16-26(2)24(30)14-22-28-19-11-6-12-20-28/h3-22H2,1-2H3. The minimum atomic E-state index is 0.277. The van der Waals surface area contributed by atoms with Gasteiger partial charge in [0.2, 0.25) is 11.8 Å². The molecular weight excluding hydrogens is 376 g/mol. The average molecular weight is 423 g/mol. The van der Waals surface area contributed by atoms with E-state index in [1.165, 1.54) is 38.5 Å². The number of amides is 2. The SMILES string of the molecule is CN(CCCCCCN(C)C(=O)CCN1CCCCC1)C(=O)CCN1CCCCC1. The van der Waals surface area contributed by atoms with E-state index in [0.717, 1.165) is 78.0 Å². The first-order valence-electron chi connectivity index (χ1n) is 12.5.